The summed E-state index contributed by atoms with van der Waals surface area (Å²) in [5.41, 5.74) is 0.0432. The van der Waals surface area contributed by atoms with Gasteiger partial charge in [-0.05, 0) is 25.3 Å². The first-order valence-electron chi connectivity index (χ1n) is 7.29. The molecule has 0 unspecified atom stereocenters. The van der Waals surface area contributed by atoms with E-state index in [0.717, 1.165) is 25.8 Å². The molecule has 1 N–H and O–H groups in total. The molecule has 3 rings (SSSR count). The van der Waals surface area contributed by atoms with E-state index in [0.29, 0.717) is 18.8 Å². The summed E-state index contributed by atoms with van der Waals surface area (Å²) < 4.78 is 0. The molecule has 2 aliphatic heterocycles. The summed E-state index contributed by atoms with van der Waals surface area (Å²) in [5.74, 6) is 0.715. The highest BCUT2D eigenvalue weighted by Gasteiger charge is 2.37. The summed E-state index contributed by atoms with van der Waals surface area (Å²) in [4.78, 5) is 28.6. The number of carbonyl (C=O) groups excluding carboxylic acids is 1. The molecule has 21 heavy (non-hydrogen) atoms. The monoisotopic (exact) mass is 290 g/mol. The van der Waals surface area contributed by atoms with E-state index in [9.17, 15) is 14.9 Å². The number of hydrogen-bond acceptors (Lipinski definition) is 5. The van der Waals surface area contributed by atoms with Crippen molar-refractivity contribution in [2.45, 2.75) is 31.7 Å². The summed E-state index contributed by atoms with van der Waals surface area (Å²) in [7, 11) is 0. The molecule has 0 spiro atoms. The molecule has 2 fully saturated rings. The number of aromatic nitrogens is 1. The van der Waals surface area contributed by atoms with E-state index in [4.69, 9.17) is 0 Å². The fraction of sp³-hybridized carbons (Fsp3) is 0.571. The maximum atomic E-state index is 11.5. The molecule has 0 radical (unpaired) electrons. The minimum Gasteiger partial charge on any atom is -0.356 e. The molecular weight excluding hydrogens is 272 g/mol. The van der Waals surface area contributed by atoms with E-state index >= 15 is 0 Å². The number of anilines is 1. The third-order valence-electron chi connectivity index (χ3n) is 4.34. The minimum atomic E-state index is -0.383. The van der Waals surface area contributed by atoms with Crippen LogP contribution in [0.1, 0.15) is 25.7 Å². The number of piperidine rings is 1. The van der Waals surface area contributed by atoms with Crippen LogP contribution in [0.15, 0.2) is 18.3 Å². The van der Waals surface area contributed by atoms with Gasteiger partial charge in [-0.25, -0.2) is 4.98 Å². The molecular formula is C14H18N4O3. The SMILES string of the molecule is O=C1C[C@@H]([C@@H]2CCCCN2c2ncccc2[N+](=O)[O-])CN1. The Kier molecular flexibility index (Phi) is 3.72. The van der Waals surface area contributed by atoms with Gasteiger partial charge in [0.25, 0.3) is 0 Å². The topological polar surface area (TPSA) is 88.4 Å². The lowest BCUT2D eigenvalue weighted by Gasteiger charge is -2.39. The fourth-order valence-corrected chi connectivity index (χ4v) is 3.36. The molecule has 7 heteroatoms. The van der Waals surface area contributed by atoms with E-state index in [-0.39, 0.29) is 28.5 Å². The van der Waals surface area contributed by atoms with E-state index in [1.807, 2.05) is 4.90 Å². The van der Waals surface area contributed by atoms with Crippen molar-refractivity contribution >= 4 is 17.4 Å². The van der Waals surface area contributed by atoms with Crippen molar-refractivity contribution in [2.24, 2.45) is 5.92 Å². The van der Waals surface area contributed by atoms with Crippen LogP contribution in [0.4, 0.5) is 11.5 Å². The summed E-state index contributed by atoms with van der Waals surface area (Å²) in [5, 5.41) is 14.1. The van der Waals surface area contributed by atoms with Crippen molar-refractivity contribution in [1.82, 2.24) is 10.3 Å². The molecule has 7 nitrogen and oxygen atoms in total. The van der Waals surface area contributed by atoms with Crippen LogP contribution in [0.2, 0.25) is 0 Å². The predicted molar refractivity (Wildman–Crippen MR) is 77.0 cm³/mol. The molecule has 1 aromatic rings. The Morgan fingerprint density at radius 3 is 3.00 bits per heavy atom. The van der Waals surface area contributed by atoms with Crippen LogP contribution in [0.3, 0.4) is 0 Å². The Labute approximate surface area is 122 Å². The van der Waals surface area contributed by atoms with Crippen molar-refractivity contribution in [1.29, 1.82) is 0 Å². The van der Waals surface area contributed by atoms with Crippen LogP contribution in [0.25, 0.3) is 0 Å². The average Bonchev–Trinajstić information content (AvgIpc) is 2.93. The Bertz CT molecular complexity index is 563. The molecule has 3 heterocycles. The van der Waals surface area contributed by atoms with Gasteiger partial charge in [0.2, 0.25) is 11.7 Å². The lowest BCUT2D eigenvalue weighted by Crippen LogP contribution is -2.45. The molecule has 0 bridgehead atoms. The maximum Gasteiger partial charge on any atom is 0.311 e. The van der Waals surface area contributed by atoms with Gasteiger partial charge in [0.15, 0.2) is 0 Å². The van der Waals surface area contributed by atoms with E-state index in [1.165, 1.54) is 6.07 Å². The lowest BCUT2D eigenvalue weighted by molar-refractivity contribution is -0.384. The highest BCUT2D eigenvalue weighted by molar-refractivity contribution is 5.78. The van der Waals surface area contributed by atoms with Gasteiger partial charge in [-0.15, -0.1) is 0 Å². The number of nitrogens with one attached hydrogen (secondary N) is 1. The van der Waals surface area contributed by atoms with Crippen molar-refractivity contribution in [3.8, 4) is 0 Å². The summed E-state index contributed by atoms with van der Waals surface area (Å²) >= 11 is 0. The van der Waals surface area contributed by atoms with Gasteiger partial charge in [-0.1, -0.05) is 0 Å². The number of carbonyl (C=O) groups is 1. The molecule has 1 aromatic heterocycles. The van der Waals surface area contributed by atoms with E-state index in [1.54, 1.807) is 12.3 Å². The Morgan fingerprint density at radius 2 is 2.29 bits per heavy atom. The second kappa shape index (κ2) is 5.67. The Hall–Kier alpha value is -2.18. The normalized spacial score (nSPS) is 25.7. The molecule has 2 aliphatic rings. The molecule has 0 aliphatic carbocycles. The first-order valence-corrected chi connectivity index (χ1v) is 7.29. The second-order valence-electron chi connectivity index (χ2n) is 5.63. The van der Waals surface area contributed by atoms with Crippen LogP contribution in [-0.2, 0) is 4.79 Å². The quantitative estimate of drug-likeness (QED) is 0.673. The number of pyridine rings is 1. The highest BCUT2D eigenvalue weighted by atomic mass is 16.6. The van der Waals surface area contributed by atoms with Crippen molar-refractivity contribution in [2.75, 3.05) is 18.0 Å². The van der Waals surface area contributed by atoms with Gasteiger partial charge in [0.1, 0.15) is 0 Å². The third-order valence-corrected chi connectivity index (χ3v) is 4.34. The van der Waals surface area contributed by atoms with Gasteiger partial charge in [-0.2, -0.15) is 0 Å². The second-order valence-corrected chi connectivity index (χ2v) is 5.63. The first kappa shape index (κ1) is 13.8. The zero-order chi connectivity index (χ0) is 14.8. The predicted octanol–water partition coefficient (Wildman–Crippen LogP) is 1.48. The van der Waals surface area contributed by atoms with Gasteiger partial charge < -0.3 is 10.2 Å². The number of hydrogen-bond donors (Lipinski definition) is 1. The molecule has 112 valence electrons. The minimum absolute atomic E-state index is 0.0432. The van der Waals surface area contributed by atoms with Gasteiger partial charge in [-0.3, -0.25) is 14.9 Å². The smallest absolute Gasteiger partial charge is 0.311 e. The number of rotatable bonds is 3. The fourth-order valence-electron chi connectivity index (χ4n) is 3.36. The Balaban J connectivity index is 1.91. The zero-order valence-electron chi connectivity index (χ0n) is 11.7. The molecule has 0 saturated carbocycles. The van der Waals surface area contributed by atoms with Crippen molar-refractivity contribution in [3.63, 3.8) is 0 Å². The molecule has 0 aromatic carbocycles. The summed E-state index contributed by atoms with van der Waals surface area (Å²) in [6, 6.07) is 3.22. The number of nitrogens with zero attached hydrogens (tertiary/aromatic N) is 3. The van der Waals surface area contributed by atoms with E-state index in [2.05, 4.69) is 10.3 Å². The van der Waals surface area contributed by atoms with Crippen molar-refractivity contribution < 1.29 is 9.72 Å². The average molecular weight is 290 g/mol. The maximum absolute atomic E-state index is 11.5. The molecule has 2 saturated heterocycles. The summed E-state index contributed by atoms with van der Waals surface area (Å²) in [6.45, 7) is 1.41. The number of nitro groups is 1. The van der Waals surface area contributed by atoms with Crippen LogP contribution in [0.5, 0.6) is 0 Å². The lowest BCUT2D eigenvalue weighted by atomic mass is 9.89. The Morgan fingerprint density at radius 1 is 1.43 bits per heavy atom. The van der Waals surface area contributed by atoms with Crippen LogP contribution >= 0.6 is 0 Å². The van der Waals surface area contributed by atoms with Crippen LogP contribution in [0, 0.1) is 16.0 Å². The molecule has 2 atom stereocenters. The first-order chi connectivity index (χ1) is 10.2. The van der Waals surface area contributed by atoms with Crippen LogP contribution < -0.4 is 10.2 Å². The number of amides is 1. The largest absolute Gasteiger partial charge is 0.356 e. The standard InChI is InChI=1S/C14H18N4O3/c19-13-8-10(9-16-13)11-4-1-2-7-17(11)14-12(18(20)21)5-3-6-15-14/h3,5-6,10-11H,1-2,4,7-9H2,(H,16,19)/t10-,11+/m1/s1. The summed E-state index contributed by atoms with van der Waals surface area (Å²) in [6.07, 6.45) is 5.13. The third kappa shape index (κ3) is 2.68. The highest BCUT2D eigenvalue weighted by Crippen LogP contribution is 2.34. The molecule has 1 amide bonds. The van der Waals surface area contributed by atoms with Gasteiger partial charge >= 0.3 is 5.69 Å². The van der Waals surface area contributed by atoms with Crippen LogP contribution in [-0.4, -0.2) is 34.9 Å². The van der Waals surface area contributed by atoms with Crippen molar-refractivity contribution in [3.05, 3.63) is 28.4 Å². The van der Waals surface area contributed by atoms with Gasteiger partial charge in [0.05, 0.1) is 4.92 Å². The zero-order valence-corrected chi connectivity index (χ0v) is 11.7. The van der Waals surface area contributed by atoms with Gasteiger partial charge in [0, 0.05) is 43.7 Å². The van der Waals surface area contributed by atoms with E-state index < -0.39 is 0 Å².